The summed E-state index contributed by atoms with van der Waals surface area (Å²) in [5.41, 5.74) is 31.3. The van der Waals surface area contributed by atoms with Gasteiger partial charge in [-0.25, -0.2) is 0 Å². The zero-order valence-electron chi connectivity index (χ0n) is 86.5. The lowest BCUT2D eigenvalue weighted by atomic mass is 9.76. The van der Waals surface area contributed by atoms with Gasteiger partial charge in [-0.3, -0.25) is 0 Å². The number of benzene rings is 6. The Morgan fingerprint density at radius 1 is 0.132 bits per heavy atom. The lowest BCUT2D eigenvalue weighted by molar-refractivity contribution is 0.196. The molecule has 737 valence electrons. The number of anilines is 2. The van der Waals surface area contributed by atoms with Gasteiger partial charge < -0.3 is 0 Å². The Bertz CT molecular complexity index is 4070. The summed E-state index contributed by atoms with van der Waals surface area (Å²) in [6, 6.07) is 36.2. The number of hydrogen-bond donors (Lipinski definition) is 0. The highest BCUT2D eigenvalue weighted by molar-refractivity contribution is 7.81. The molecule has 4 heteroatoms. The van der Waals surface area contributed by atoms with Crippen LogP contribution in [0.3, 0.4) is 0 Å². The number of hydrogen-bond acceptors (Lipinski definition) is 1. The van der Waals surface area contributed by atoms with Gasteiger partial charge in [0.2, 0.25) is 0 Å². The van der Waals surface area contributed by atoms with Crippen LogP contribution in [0.25, 0.3) is 0 Å². The van der Waals surface area contributed by atoms with Crippen LogP contribution in [0, 0.1) is 0 Å². The molecule has 0 spiro atoms. The molecule has 1 radical (unpaired) electrons. The van der Waals surface area contributed by atoms with Gasteiger partial charge in [0.1, 0.15) is 0 Å². The van der Waals surface area contributed by atoms with E-state index in [1.165, 1.54) is 514 Å². The van der Waals surface area contributed by atoms with Crippen molar-refractivity contribution in [2.45, 2.75) is 608 Å². The quantitative estimate of drug-likeness (QED) is 0.0438. The Hall–Kier alpha value is -4.06. The van der Waals surface area contributed by atoms with Gasteiger partial charge in [-0.15, -0.1) is 0 Å². The van der Waals surface area contributed by atoms with Gasteiger partial charge in [0.15, 0.2) is 0 Å². The summed E-state index contributed by atoms with van der Waals surface area (Å²) < 4.78 is 0. The Balaban J connectivity index is 0.842. The molecular formula is C132H188NOP2. The normalized spacial score (nSPS) is 24.9. The SMILES string of the molecule is [O]N(c1cc(C2CCCCC2)c(P(c2c(C3CCCCC3)cc(C3CCCCC3)cc2C2CCCCC2)c2c(C3CCCCC3)cc(C3CCCCC3)cc2C2CCCCC2)c(C2CCCCC2)c1)c1cc(C2CCCCC2)c(P(c2c(C3CCCCC3)cc(C3CCCCC3)cc2C2CCCCC2)c2c(C3CCCCC3)cc(C3CCCCC3)cc2C2CCCCC2)c(C2CCCCC2)c1. The molecule has 16 fully saturated rings. The van der Waals surface area contributed by atoms with Crippen molar-refractivity contribution in [1.82, 2.24) is 0 Å². The summed E-state index contributed by atoms with van der Waals surface area (Å²) in [5.74, 6) is 9.45. The molecule has 22 rings (SSSR count). The molecule has 0 amide bonds. The van der Waals surface area contributed by atoms with Crippen LogP contribution in [0.2, 0.25) is 0 Å². The maximum Gasteiger partial charge on any atom is 0.0732 e. The molecule has 16 saturated carbocycles. The molecule has 0 bridgehead atoms. The number of nitrogens with zero attached hydrogens (tertiary/aromatic N) is 1. The third-order valence-electron chi connectivity index (χ3n) is 41.7. The molecular weight excluding hydrogens is 1680 g/mol. The van der Waals surface area contributed by atoms with Crippen molar-refractivity contribution in [3.63, 3.8) is 0 Å². The molecule has 0 unspecified atom stereocenters. The van der Waals surface area contributed by atoms with E-state index in [1.54, 1.807) is 44.5 Å². The van der Waals surface area contributed by atoms with E-state index in [1.807, 2.05) is 81.4 Å². The summed E-state index contributed by atoms with van der Waals surface area (Å²) >= 11 is 0. The first-order valence-corrected chi connectivity index (χ1v) is 64.3. The zero-order valence-corrected chi connectivity index (χ0v) is 88.3. The standard InChI is InChI=1S/C132H188NOP2/c134-133(113-89-123(105-73-41-13-42-74-105)131(124(90-113)106-75-43-14-44-76-106)135(127-115(97-57-25-5-26-58-97)81-109(93-49-17-1-18-50-93)82-116(127)98-59-27-6-28-60-98)128-117(99-61-29-7-30-62-99)83-110(94-51-19-2-20-52-94)84-118(128)100-63-31-8-32-64-100)114-91-125(107-77-45-15-46-78-107)132(126(92-114)108-79-47-16-48-80-108)136(129-119(101-65-33-9-34-66-101)85-111(95-53-21-3-22-54-95)86-120(129)102-67-35-10-36-68-102)130-121(103-69-37-11-38-70-103)87-112(96-55-23-4-24-56-96)88-122(130)104-71-39-12-40-72-104/h81-108H,1-80H2. The molecule has 6 aromatic rings. The lowest BCUT2D eigenvalue weighted by Crippen LogP contribution is -2.38. The molecule has 0 saturated heterocycles. The predicted molar refractivity (Wildman–Crippen MR) is 586 cm³/mol. The first kappa shape index (κ1) is 96.7. The lowest BCUT2D eigenvalue weighted by Gasteiger charge is -2.42. The maximum atomic E-state index is 18.8. The summed E-state index contributed by atoms with van der Waals surface area (Å²) in [6.07, 6.45) is 110. The van der Waals surface area contributed by atoms with Crippen LogP contribution in [0.4, 0.5) is 11.4 Å². The van der Waals surface area contributed by atoms with Crippen LogP contribution >= 0.6 is 15.8 Å². The average Bonchev–Trinajstić information content (AvgIpc) is 0.718. The highest BCUT2D eigenvalue weighted by atomic mass is 31.1. The Morgan fingerprint density at radius 2 is 0.228 bits per heavy atom. The van der Waals surface area contributed by atoms with Crippen molar-refractivity contribution >= 4 is 59.0 Å². The molecule has 0 aliphatic heterocycles. The molecule has 16 aliphatic carbocycles. The average molecular weight is 1870 g/mol. The Labute approximate surface area is 833 Å². The fourth-order valence-electron chi connectivity index (χ4n) is 34.1. The van der Waals surface area contributed by atoms with Crippen molar-refractivity contribution in [1.29, 1.82) is 0 Å². The molecule has 16 aliphatic rings. The second-order valence-corrected chi connectivity index (χ2v) is 54.5. The van der Waals surface area contributed by atoms with Gasteiger partial charge >= 0.3 is 0 Å². The van der Waals surface area contributed by atoms with E-state index in [0.717, 1.165) is 11.4 Å². The van der Waals surface area contributed by atoms with Crippen LogP contribution in [-0.2, 0) is 5.21 Å². The van der Waals surface area contributed by atoms with Crippen LogP contribution in [0.15, 0.2) is 72.8 Å². The van der Waals surface area contributed by atoms with E-state index in [2.05, 4.69) is 72.8 Å². The highest BCUT2D eigenvalue weighted by Gasteiger charge is 2.47. The fraction of sp³-hybridized carbons (Fsp3) is 0.727. The Morgan fingerprint density at radius 3 is 0.338 bits per heavy atom. The first-order chi connectivity index (χ1) is 67.4. The predicted octanol–water partition coefficient (Wildman–Crippen LogP) is 39.4. The van der Waals surface area contributed by atoms with E-state index >= 15 is 5.21 Å². The monoisotopic (exact) mass is 1870 g/mol. The molecule has 0 atom stereocenters. The number of rotatable bonds is 24. The second kappa shape index (κ2) is 47.0. The topological polar surface area (TPSA) is 23.1 Å². The second-order valence-electron chi connectivity index (χ2n) is 50.5. The molecule has 136 heavy (non-hydrogen) atoms. The van der Waals surface area contributed by atoms with Crippen molar-refractivity contribution < 1.29 is 5.21 Å². The van der Waals surface area contributed by atoms with Gasteiger partial charge in [0.05, 0.1) is 11.4 Å². The van der Waals surface area contributed by atoms with Gasteiger partial charge in [0, 0.05) is 0 Å². The third-order valence-corrected chi connectivity index (χ3v) is 47.5. The van der Waals surface area contributed by atoms with E-state index < -0.39 is 15.8 Å². The van der Waals surface area contributed by atoms with E-state index in [4.69, 9.17) is 0 Å². The van der Waals surface area contributed by atoms with E-state index in [0.29, 0.717) is 94.7 Å². The molecule has 0 aromatic heterocycles. The minimum Gasteiger partial charge on any atom is -0.188 e. The van der Waals surface area contributed by atoms with Gasteiger partial charge in [0.25, 0.3) is 0 Å². The van der Waals surface area contributed by atoms with Crippen molar-refractivity contribution in [3.8, 4) is 0 Å². The van der Waals surface area contributed by atoms with Gasteiger partial charge in [-0.05, 0) is 461 Å². The van der Waals surface area contributed by atoms with Gasteiger partial charge in [-0.2, -0.15) is 5.06 Å². The van der Waals surface area contributed by atoms with Crippen molar-refractivity contribution in [2.24, 2.45) is 0 Å². The zero-order chi connectivity index (χ0) is 90.9. The van der Waals surface area contributed by atoms with Crippen molar-refractivity contribution in [3.05, 3.63) is 162 Å². The summed E-state index contributed by atoms with van der Waals surface area (Å²) in [4.78, 5) is 0. The third kappa shape index (κ3) is 21.6. The summed E-state index contributed by atoms with van der Waals surface area (Å²) in [7, 11) is -2.22. The molecule has 0 N–H and O–H groups in total. The fourth-order valence-corrected chi connectivity index (χ4v) is 41.5. The first-order valence-electron chi connectivity index (χ1n) is 61.6. The van der Waals surface area contributed by atoms with E-state index in [-0.39, 0.29) is 0 Å². The van der Waals surface area contributed by atoms with Crippen molar-refractivity contribution in [2.75, 3.05) is 5.06 Å². The van der Waals surface area contributed by atoms with Crippen LogP contribution < -0.4 is 36.9 Å². The van der Waals surface area contributed by atoms with Crippen LogP contribution in [-0.4, -0.2) is 0 Å². The minimum atomic E-state index is -1.11. The van der Waals surface area contributed by atoms with Gasteiger partial charge in [-0.1, -0.05) is 362 Å². The minimum absolute atomic E-state index is 0.448. The largest absolute Gasteiger partial charge is 0.188 e. The molecule has 0 heterocycles. The smallest absolute Gasteiger partial charge is 0.0732 e. The summed E-state index contributed by atoms with van der Waals surface area (Å²) in [5, 5.41) is 32.2. The Kier molecular flexibility index (Phi) is 33.4. The van der Waals surface area contributed by atoms with E-state index in [9.17, 15) is 0 Å². The maximum absolute atomic E-state index is 18.8. The highest BCUT2D eigenvalue weighted by Crippen LogP contribution is 2.61. The molecule has 6 aromatic carbocycles. The van der Waals surface area contributed by atoms with Crippen LogP contribution in [0.1, 0.15) is 697 Å². The molecule has 2 nitrogen and oxygen atoms in total. The van der Waals surface area contributed by atoms with Crippen LogP contribution in [0.5, 0.6) is 0 Å². The summed E-state index contributed by atoms with van der Waals surface area (Å²) in [6.45, 7) is 0.